The highest BCUT2D eigenvalue weighted by atomic mass is 35.5. The lowest BCUT2D eigenvalue weighted by atomic mass is 9.94. The van der Waals surface area contributed by atoms with Crippen LogP contribution in [0.5, 0.6) is 0 Å². The monoisotopic (exact) mass is 297 g/mol. The standard InChI is InChI=1S/C12H16ClN5S/c1-8-5-10(15-14-8)9-3-2-4-18(6-9)7-11-12(13)19-17-16-11/h5,9H,2-4,6-7H2,1H3,(H,14,15)/t9-/m1/s1. The van der Waals surface area contributed by atoms with Gasteiger partial charge in [-0.05, 0) is 32.4 Å². The summed E-state index contributed by atoms with van der Waals surface area (Å²) in [5, 5.41) is 11.5. The fourth-order valence-corrected chi connectivity index (χ4v) is 3.20. The molecule has 0 saturated carbocycles. The number of nitrogens with zero attached hydrogens (tertiary/aromatic N) is 4. The molecular formula is C12H16ClN5S. The predicted molar refractivity (Wildman–Crippen MR) is 75.5 cm³/mol. The summed E-state index contributed by atoms with van der Waals surface area (Å²) in [5.74, 6) is 0.504. The molecular weight excluding hydrogens is 282 g/mol. The summed E-state index contributed by atoms with van der Waals surface area (Å²) < 4.78 is 4.59. The number of likely N-dealkylation sites (tertiary alicyclic amines) is 1. The summed E-state index contributed by atoms with van der Waals surface area (Å²) >= 11 is 7.32. The van der Waals surface area contributed by atoms with E-state index in [2.05, 4.69) is 30.8 Å². The maximum atomic E-state index is 6.07. The molecule has 1 aliphatic heterocycles. The van der Waals surface area contributed by atoms with Crippen LogP contribution < -0.4 is 0 Å². The number of H-pyrrole nitrogens is 1. The van der Waals surface area contributed by atoms with Crippen molar-refractivity contribution in [2.45, 2.75) is 32.2 Å². The maximum Gasteiger partial charge on any atom is 0.138 e. The van der Waals surface area contributed by atoms with E-state index < -0.39 is 0 Å². The molecule has 1 atom stereocenters. The van der Waals surface area contributed by atoms with Gasteiger partial charge in [0, 0.05) is 36.2 Å². The number of hydrogen-bond acceptors (Lipinski definition) is 5. The van der Waals surface area contributed by atoms with Crippen LogP contribution in [0.15, 0.2) is 6.07 Å². The van der Waals surface area contributed by atoms with Crippen molar-refractivity contribution in [1.82, 2.24) is 24.7 Å². The first-order valence-electron chi connectivity index (χ1n) is 6.43. The van der Waals surface area contributed by atoms with Gasteiger partial charge in [0.15, 0.2) is 0 Å². The van der Waals surface area contributed by atoms with E-state index in [0.717, 1.165) is 31.0 Å². The second kappa shape index (κ2) is 5.56. The third kappa shape index (κ3) is 2.96. The van der Waals surface area contributed by atoms with Gasteiger partial charge in [0.05, 0.1) is 5.69 Å². The zero-order valence-electron chi connectivity index (χ0n) is 10.8. The summed E-state index contributed by atoms with van der Waals surface area (Å²) in [4.78, 5) is 2.39. The van der Waals surface area contributed by atoms with Crippen LogP contribution in [-0.4, -0.2) is 37.8 Å². The Balaban J connectivity index is 1.66. The van der Waals surface area contributed by atoms with E-state index in [1.807, 2.05) is 6.92 Å². The fraction of sp³-hybridized carbons (Fsp3) is 0.583. The Morgan fingerprint density at radius 2 is 2.47 bits per heavy atom. The summed E-state index contributed by atoms with van der Waals surface area (Å²) in [5.41, 5.74) is 3.19. The number of hydrogen-bond donors (Lipinski definition) is 1. The second-order valence-electron chi connectivity index (χ2n) is 5.04. The molecule has 3 rings (SSSR count). The van der Waals surface area contributed by atoms with Crippen molar-refractivity contribution in [3.63, 3.8) is 0 Å². The molecule has 2 aromatic heterocycles. The van der Waals surface area contributed by atoms with E-state index >= 15 is 0 Å². The molecule has 5 nitrogen and oxygen atoms in total. The van der Waals surface area contributed by atoms with Crippen molar-refractivity contribution in [3.8, 4) is 0 Å². The molecule has 0 aromatic carbocycles. The Labute approximate surface area is 121 Å². The molecule has 0 amide bonds. The first-order chi connectivity index (χ1) is 9.22. The molecule has 2 aromatic rings. The Hall–Kier alpha value is -0.980. The van der Waals surface area contributed by atoms with Gasteiger partial charge in [-0.3, -0.25) is 10.00 Å². The molecule has 1 saturated heterocycles. The molecule has 0 bridgehead atoms. The lowest BCUT2D eigenvalue weighted by Crippen LogP contribution is -2.34. The zero-order valence-corrected chi connectivity index (χ0v) is 12.3. The molecule has 0 spiro atoms. The van der Waals surface area contributed by atoms with Crippen LogP contribution in [0.3, 0.4) is 0 Å². The van der Waals surface area contributed by atoms with Crippen molar-refractivity contribution >= 4 is 23.1 Å². The number of piperidine rings is 1. The molecule has 0 aliphatic carbocycles. The van der Waals surface area contributed by atoms with Crippen molar-refractivity contribution in [3.05, 3.63) is 27.5 Å². The van der Waals surface area contributed by atoms with Gasteiger partial charge in [0.2, 0.25) is 0 Å². The summed E-state index contributed by atoms with van der Waals surface area (Å²) in [6.07, 6.45) is 2.38. The van der Waals surface area contributed by atoms with Gasteiger partial charge < -0.3 is 0 Å². The average Bonchev–Trinajstić information content (AvgIpc) is 3.00. The quantitative estimate of drug-likeness (QED) is 0.946. The minimum Gasteiger partial charge on any atom is -0.297 e. The van der Waals surface area contributed by atoms with E-state index in [0.29, 0.717) is 10.3 Å². The number of nitrogens with one attached hydrogen (secondary N) is 1. The Bertz CT molecular complexity index is 552. The molecule has 3 heterocycles. The molecule has 0 unspecified atom stereocenters. The Kier molecular flexibility index (Phi) is 3.81. The molecule has 1 aliphatic rings. The molecule has 7 heteroatoms. The third-order valence-electron chi connectivity index (χ3n) is 3.53. The van der Waals surface area contributed by atoms with Crippen LogP contribution in [0.25, 0.3) is 0 Å². The molecule has 102 valence electrons. The number of aryl methyl sites for hydroxylation is 1. The normalized spacial score (nSPS) is 20.8. The van der Waals surface area contributed by atoms with Crippen LogP contribution in [0.1, 0.15) is 35.8 Å². The fourth-order valence-electron chi connectivity index (χ4n) is 2.59. The van der Waals surface area contributed by atoms with Crippen LogP contribution in [-0.2, 0) is 6.54 Å². The lowest BCUT2D eigenvalue weighted by molar-refractivity contribution is 0.196. The highest BCUT2D eigenvalue weighted by molar-refractivity contribution is 7.10. The second-order valence-corrected chi connectivity index (χ2v) is 6.40. The summed E-state index contributed by atoms with van der Waals surface area (Å²) in [6.45, 7) is 4.93. The van der Waals surface area contributed by atoms with E-state index in [4.69, 9.17) is 11.6 Å². The van der Waals surface area contributed by atoms with E-state index in [1.54, 1.807) is 0 Å². The number of halogens is 1. The highest BCUT2D eigenvalue weighted by Gasteiger charge is 2.24. The number of rotatable bonds is 3. The largest absolute Gasteiger partial charge is 0.297 e. The van der Waals surface area contributed by atoms with E-state index in [1.165, 1.54) is 30.1 Å². The van der Waals surface area contributed by atoms with E-state index in [-0.39, 0.29) is 0 Å². The topological polar surface area (TPSA) is 57.7 Å². The van der Waals surface area contributed by atoms with E-state index in [9.17, 15) is 0 Å². The van der Waals surface area contributed by atoms with Gasteiger partial charge in [-0.25, -0.2) is 0 Å². The highest BCUT2D eigenvalue weighted by Crippen LogP contribution is 2.28. The number of aromatic nitrogens is 4. The van der Waals surface area contributed by atoms with Gasteiger partial charge >= 0.3 is 0 Å². The Morgan fingerprint density at radius 1 is 1.58 bits per heavy atom. The van der Waals surface area contributed by atoms with Gasteiger partial charge in [0.25, 0.3) is 0 Å². The molecule has 0 radical (unpaired) electrons. The van der Waals surface area contributed by atoms with Gasteiger partial charge in [-0.15, -0.1) is 5.10 Å². The third-order valence-corrected chi connectivity index (χ3v) is 4.52. The first-order valence-corrected chi connectivity index (χ1v) is 7.58. The molecule has 1 fully saturated rings. The summed E-state index contributed by atoms with van der Waals surface area (Å²) in [7, 11) is 0. The van der Waals surface area contributed by atoms with Crippen LogP contribution in [0.2, 0.25) is 4.34 Å². The lowest BCUT2D eigenvalue weighted by Gasteiger charge is -2.31. The average molecular weight is 298 g/mol. The molecule has 1 N–H and O–H groups in total. The van der Waals surface area contributed by atoms with Crippen LogP contribution in [0, 0.1) is 6.92 Å². The minimum atomic E-state index is 0.504. The SMILES string of the molecule is Cc1cc([C@@H]2CCCN(Cc3nnsc3Cl)C2)n[nH]1. The van der Waals surface area contributed by atoms with Gasteiger partial charge in [-0.2, -0.15) is 5.10 Å². The van der Waals surface area contributed by atoms with Crippen molar-refractivity contribution < 1.29 is 0 Å². The summed E-state index contributed by atoms with van der Waals surface area (Å²) in [6, 6.07) is 2.14. The smallest absolute Gasteiger partial charge is 0.138 e. The zero-order chi connectivity index (χ0) is 13.2. The first kappa shape index (κ1) is 13.0. The van der Waals surface area contributed by atoms with Gasteiger partial charge in [0.1, 0.15) is 10.0 Å². The Morgan fingerprint density at radius 3 is 3.16 bits per heavy atom. The maximum absolute atomic E-state index is 6.07. The minimum absolute atomic E-state index is 0.504. The number of aromatic amines is 1. The van der Waals surface area contributed by atoms with Crippen LogP contribution >= 0.6 is 23.1 Å². The predicted octanol–water partition coefficient (Wildman–Crippen LogP) is 2.60. The van der Waals surface area contributed by atoms with Crippen molar-refractivity contribution in [1.29, 1.82) is 0 Å². The van der Waals surface area contributed by atoms with Crippen LogP contribution in [0.4, 0.5) is 0 Å². The van der Waals surface area contributed by atoms with Crippen molar-refractivity contribution in [2.75, 3.05) is 13.1 Å². The molecule has 19 heavy (non-hydrogen) atoms. The van der Waals surface area contributed by atoms with Crippen molar-refractivity contribution in [2.24, 2.45) is 0 Å². The van der Waals surface area contributed by atoms with Gasteiger partial charge in [-0.1, -0.05) is 16.1 Å².